The first-order valence-corrected chi connectivity index (χ1v) is 9.60. The van der Waals surface area contributed by atoms with Gasteiger partial charge in [0.25, 0.3) is 0 Å². The van der Waals surface area contributed by atoms with Crippen LogP contribution in [0, 0.1) is 0 Å². The van der Waals surface area contributed by atoms with E-state index in [-0.39, 0.29) is 18.0 Å². The Morgan fingerprint density at radius 1 is 1.33 bits per heavy atom. The third-order valence-corrected chi connectivity index (χ3v) is 6.18. The Bertz CT molecular complexity index is 460. The molecule has 0 aromatic heterocycles. The number of nitrogens with zero attached hydrogens (tertiary/aromatic N) is 1. The molecule has 6 nitrogen and oxygen atoms in total. The van der Waals surface area contributed by atoms with E-state index in [2.05, 4.69) is 5.32 Å². The minimum Gasteiger partial charge on any atom is -0.378 e. The Balaban J connectivity index is 1.99. The van der Waals surface area contributed by atoms with Crippen LogP contribution in [0.25, 0.3) is 0 Å². The molecule has 2 fully saturated rings. The highest BCUT2D eigenvalue weighted by Crippen LogP contribution is 2.27. The number of carbonyl (C=O) groups is 1. The van der Waals surface area contributed by atoms with Gasteiger partial charge in [-0.15, -0.1) is 0 Å². The van der Waals surface area contributed by atoms with Crippen molar-refractivity contribution in [2.45, 2.75) is 49.4 Å². The third-order valence-electron chi connectivity index (χ3n) is 4.53. The van der Waals surface area contributed by atoms with Crippen LogP contribution in [0.3, 0.4) is 0 Å². The van der Waals surface area contributed by atoms with Crippen molar-refractivity contribution in [3.05, 3.63) is 0 Å². The average molecular weight is 318 g/mol. The minimum absolute atomic E-state index is 0.00134. The van der Waals surface area contributed by atoms with Crippen molar-refractivity contribution in [1.29, 1.82) is 0 Å². The van der Waals surface area contributed by atoms with Crippen molar-refractivity contribution in [1.82, 2.24) is 10.2 Å². The fraction of sp³-hybridized carbons (Fsp3) is 0.929. The Morgan fingerprint density at radius 2 is 2.05 bits per heavy atom. The number of nitrogens with one attached hydrogen (secondary N) is 1. The molecule has 0 bridgehead atoms. The van der Waals surface area contributed by atoms with Crippen LogP contribution >= 0.6 is 0 Å². The average Bonchev–Trinajstić information content (AvgIpc) is 2.46. The summed E-state index contributed by atoms with van der Waals surface area (Å²) >= 11 is 0. The SMILES string of the molecule is CN(C(=O)CC1COCCN1)C1CCCCC1S(C)(=O)=O. The van der Waals surface area contributed by atoms with Crippen LogP contribution in [0.4, 0.5) is 0 Å². The molecule has 3 atom stereocenters. The van der Waals surface area contributed by atoms with Gasteiger partial charge in [0.05, 0.1) is 18.5 Å². The van der Waals surface area contributed by atoms with Crippen molar-refractivity contribution in [2.75, 3.05) is 33.1 Å². The highest BCUT2D eigenvalue weighted by Gasteiger charge is 2.37. The van der Waals surface area contributed by atoms with Crippen molar-refractivity contribution in [3.8, 4) is 0 Å². The van der Waals surface area contributed by atoms with Gasteiger partial charge in [-0.25, -0.2) is 8.42 Å². The first-order chi connectivity index (χ1) is 9.89. The smallest absolute Gasteiger partial charge is 0.224 e. The molecule has 1 saturated heterocycles. The Kier molecular flexibility index (Phi) is 5.62. The largest absolute Gasteiger partial charge is 0.378 e. The lowest BCUT2D eigenvalue weighted by molar-refractivity contribution is -0.133. The normalized spacial score (nSPS) is 30.9. The molecule has 7 heteroatoms. The summed E-state index contributed by atoms with van der Waals surface area (Å²) in [4.78, 5) is 14.1. The fourth-order valence-corrected chi connectivity index (χ4v) is 4.79. The van der Waals surface area contributed by atoms with E-state index in [4.69, 9.17) is 4.74 Å². The van der Waals surface area contributed by atoms with Crippen LogP contribution in [0.1, 0.15) is 32.1 Å². The zero-order valence-electron chi connectivity index (χ0n) is 12.9. The van der Waals surface area contributed by atoms with Crippen molar-refractivity contribution in [3.63, 3.8) is 0 Å². The Morgan fingerprint density at radius 3 is 2.67 bits per heavy atom. The lowest BCUT2D eigenvalue weighted by Gasteiger charge is -2.37. The van der Waals surface area contributed by atoms with E-state index in [0.717, 1.165) is 25.8 Å². The fourth-order valence-electron chi connectivity index (χ4n) is 3.31. The second kappa shape index (κ2) is 7.07. The summed E-state index contributed by atoms with van der Waals surface area (Å²) in [7, 11) is -1.38. The molecule has 1 amide bonds. The molecule has 2 aliphatic rings. The molecule has 1 saturated carbocycles. The van der Waals surface area contributed by atoms with Gasteiger partial charge in [-0.05, 0) is 12.8 Å². The van der Waals surface area contributed by atoms with Gasteiger partial charge in [0.15, 0.2) is 9.84 Å². The van der Waals surface area contributed by atoms with Crippen LogP contribution in [0.5, 0.6) is 0 Å². The molecule has 0 radical (unpaired) electrons. The highest BCUT2D eigenvalue weighted by atomic mass is 32.2. The quantitative estimate of drug-likeness (QED) is 0.800. The maximum absolute atomic E-state index is 12.4. The maximum atomic E-state index is 12.4. The molecule has 1 N–H and O–H groups in total. The van der Waals surface area contributed by atoms with Gasteiger partial charge in [0.1, 0.15) is 0 Å². The summed E-state index contributed by atoms with van der Waals surface area (Å²) in [5.41, 5.74) is 0. The summed E-state index contributed by atoms with van der Waals surface area (Å²) in [5, 5.41) is 2.84. The topological polar surface area (TPSA) is 75.7 Å². The highest BCUT2D eigenvalue weighted by molar-refractivity contribution is 7.91. The third kappa shape index (κ3) is 4.40. The van der Waals surface area contributed by atoms with Crippen LogP contribution in [-0.2, 0) is 19.4 Å². The molecular formula is C14H26N2O4S. The van der Waals surface area contributed by atoms with Gasteiger partial charge < -0.3 is 15.0 Å². The van der Waals surface area contributed by atoms with Crippen molar-refractivity contribution in [2.24, 2.45) is 0 Å². The van der Waals surface area contributed by atoms with Crippen molar-refractivity contribution >= 4 is 15.7 Å². The van der Waals surface area contributed by atoms with Crippen molar-refractivity contribution < 1.29 is 17.9 Å². The number of morpholine rings is 1. The van der Waals surface area contributed by atoms with Gasteiger partial charge in [-0.1, -0.05) is 12.8 Å². The number of sulfone groups is 1. The molecule has 0 aromatic rings. The van der Waals surface area contributed by atoms with E-state index >= 15 is 0 Å². The number of hydrogen-bond acceptors (Lipinski definition) is 5. The van der Waals surface area contributed by atoms with Gasteiger partial charge in [-0.2, -0.15) is 0 Å². The van der Waals surface area contributed by atoms with E-state index in [1.54, 1.807) is 11.9 Å². The van der Waals surface area contributed by atoms with E-state index < -0.39 is 15.1 Å². The molecule has 3 unspecified atom stereocenters. The first kappa shape index (κ1) is 16.7. The summed E-state index contributed by atoms with van der Waals surface area (Å²) in [6.07, 6.45) is 4.99. The van der Waals surface area contributed by atoms with E-state index in [1.165, 1.54) is 6.26 Å². The van der Waals surface area contributed by atoms with Crippen LogP contribution in [0.15, 0.2) is 0 Å². The Labute approximate surface area is 127 Å². The summed E-state index contributed by atoms with van der Waals surface area (Å²) in [5.74, 6) is -0.00134. The van der Waals surface area contributed by atoms with Gasteiger partial charge >= 0.3 is 0 Å². The molecule has 0 aromatic carbocycles. The van der Waals surface area contributed by atoms with Gasteiger partial charge in [0.2, 0.25) is 5.91 Å². The zero-order chi connectivity index (χ0) is 15.5. The number of hydrogen-bond donors (Lipinski definition) is 1. The molecule has 2 rings (SSSR count). The number of ether oxygens (including phenoxy) is 1. The molecule has 1 heterocycles. The molecule has 21 heavy (non-hydrogen) atoms. The predicted molar refractivity (Wildman–Crippen MR) is 80.9 cm³/mol. The van der Waals surface area contributed by atoms with E-state index in [9.17, 15) is 13.2 Å². The van der Waals surface area contributed by atoms with Crippen LogP contribution < -0.4 is 5.32 Å². The molecule has 122 valence electrons. The lowest BCUT2D eigenvalue weighted by atomic mass is 9.93. The zero-order valence-corrected chi connectivity index (χ0v) is 13.7. The lowest BCUT2D eigenvalue weighted by Crippen LogP contribution is -2.51. The number of carbonyl (C=O) groups excluding carboxylic acids is 1. The minimum atomic E-state index is -3.12. The summed E-state index contributed by atoms with van der Waals surface area (Å²) in [6.45, 7) is 1.98. The monoisotopic (exact) mass is 318 g/mol. The van der Waals surface area contributed by atoms with Gasteiger partial charge in [-0.3, -0.25) is 4.79 Å². The second-order valence-electron chi connectivity index (χ2n) is 6.15. The van der Waals surface area contributed by atoms with Crippen LogP contribution in [-0.4, -0.2) is 69.6 Å². The second-order valence-corrected chi connectivity index (χ2v) is 8.42. The maximum Gasteiger partial charge on any atom is 0.224 e. The first-order valence-electron chi connectivity index (χ1n) is 7.65. The number of rotatable bonds is 4. The molecule has 1 aliphatic carbocycles. The predicted octanol–water partition coefficient (Wildman–Crippen LogP) is 0.179. The van der Waals surface area contributed by atoms with Gasteiger partial charge in [0, 0.05) is 38.4 Å². The van der Waals surface area contributed by atoms with Crippen LogP contribution in [0.2, 0.25) is 0 Å². The molecular weight excluding hydrogens is 292 g/mol. The molecule has 0 spiro atoms. The Hall–Kier alpha value is -0.660. The van der Waals surface area contributed by atoms with E-state index in [0.29, 0.717) is 26.1 Å². The standard InChI is InChI=1S/C14H26N2O4S/c1-16(14(17)9-11-10-20-8-7-15-11)12-5-3-4-6-13(12)21(2,18)19/h11-13,15H,3-10H2,1-2H3. The molecule has 1 aliphatic heterocycles. The summed E-state index contributed by atoms with van der Waals surface area (Å²) in [6, 6.07) is -0.153. The number of amides is 1. The summed E-state index contributed by atoms with van der Waals surface area (Å²) < 4.78 is 29.2. The van der Waals surface area contributed by atoms with E-state index in [1.807, 2.05) is 0 Å².